The second-order valence-electron chi connectivity index (χ2n) is 4.18. The highest BCUT2D eigenvalue weighted by Gasteiger charge is 2.14. The molecule has 3 aromatic rings. The number of nitrogen functional groups attached to an aromatic ring is 1. The minimum Gasteiger partial charge on any atom is -0.493 e. The van der Waals surface area contributed by atoms with Gasteiger partial charge in [0.1, 0.15) is 5.01 Å². The van der Waals surface area contributed by atoms with E-state index in [-0.39, 0.29) is 0 Å². The minimum absolute atomic E-state index is 0.450. The Labute approximate surface area is 119 Å². The Morgan fingerprint density at radius 2 is 2.00 bits per heavy atom. The molecular formula is C13H14N4O2S. The molecule has 20 heavy (non-hydrogen) atoms. The molecule has 0 saturated carbocycles. The lowest BCUT2D eigenvalue weighted by Gasteiger charge is -2.08. The first-order valence-corrected chi connectivity index (χ1v) is 6.87. The van der Waals surface area contributed by atoms with Gasteiger partial charge in [0.2, 0.25) is 5.95 Å². The van der Waals surface area contributed by atoms with Gasteiger partial charge in [0.15, 0.2) is 11.5 Å². The third kappa shape index (κ3) is 2.05. The van der Waals surface area contributed by atoms with Crippen LogP contribution in [0.1, 0.15) is 5.01 Å². The van der Waals surface area contributed by atoms with Gasteiger partial charge in [-0.2, -0.15) is 0 Å². The van der Waals surface area contributed by atoms with Crippen LogP contribution in [0.5, 0.6) is 11.5 Å². The summed E-state index contributed by atoms with van der Waals surface area (Å²) in [4.78, 5) is 8.63. The quantitative estimate of drug-likeness (QED) is 0.796. The van der Waals surface area contributed by atoms with Crippen molar-refractivity contribution in [3.05, 3.63) is 28.7 Å². The molecule has 2 heterocycles. The molecule has 0 fully saturated rings. The molecule has 2 aromatic heterocycles. The van der Waals surface area contributed by atoms with Crippen LogP contribution >= 0.6 is 11.3 Å². The molecule has 0 radical (unpaired) electrons. The first kappa shape index (κ1) is 12.7. The lowest BCUT2D eigenvalue weighted by molar-refractivity contribution is 0.355. The number of rotatable bonds is 4. The monoisotopic (exact) mass is 290 g/mol. The summed E-state index contributed by atoms with van der Waals surface area (Å²) in [6.45, 7) is 0.593. The zero-order valence-electron chi connectivity index (χ0n) is 11.2. The van der Waals surface area contributed by atoms with Gasteiger partial charge in [-0.1, -0.05) is 0 Å². The van der Waals surface area contributed by atoms with E-state index in [0.29, 0.717) is 24.0 Å². The van der Waals surface area contributed by atoms with Gasteiger partial charge < -0.3 is 19.8 Å². The minimum atomic E-state index is 0.450. The van der Waals surface area contributed by atoms with Crippen LogP contribution in [0.2, 0.25) is 0 Å². The fraction of sp³-hybridized carbons (Fsp3) is 0.231. The molecule has 0 aliphatic carbocycles. The van der Waals surface area contributed by atoms with Crippen LogP contribution in [0.15, 0.2) is 23.7 Å². The molecular weight excluding hydrogens is 276 g/mol. The highest BCUT2D eigenvalue weighted by molar-refractivity contribution is 7.09. The largest absolute Gasteiger partial charge is 0.493 e. The summed E-state index contributed by atoms with van der Waals surface area (Å²) < 4.78 is 12.5. The number of anilines is 1. The van der Waals surface area contributed by atoms with Crippen LogP contribution in [-0.4, -0.2) is 28.8 Å². The number of aromatic nitrogens is 3. The molecule has 104 valence electrons. The summed E-state index contributed by atoms with van der Waals surface area (Å²) in [7, 11) is 3.20. The standard InChI is InChI=1S/C13H14N4O2S/c1-18-10-5-8-9(6-11(10)19-2)17(13(14)16-8)7-12-15-3-4-20-12/h3-6H,7H2,1-2H3,(H2,14,16). The molecule has 7 heteroatoms. The second kappa shape index (κ2) is 5.01. The lowest BCUT2D eigenvalue weighted by atomic mass is 10.2. The summed E-state index contributed by atoms with van der Waals surface area (Å²) in [5.41, 5.74) is 7.67. The number of fused-ring (bicyclic) bond motifs is 1. The van der Waals surface area contributed by atoms with Crippen molar-refractivity contribution in [2.45, 2.75) is 6.54 Å². The van der Waals surface area contributed by atoms with E-state index in [0.717, 1.165) is 16.0 Å². The van der Waals surface area contributed by atoms with Crippen LogP contribution in [0.4, 0.5) is 5.95 Å². The van der Waals surface area contributed by atoms with E-state index in [9.17, 15) is 0 Å². The van der Waals surface area contributed by atoms with E-state index in [1.807, 2.05) is 22.1 Å². The number of nitrogens with zero attached hydrogens (tertiary/aromatic N) is 3. The average molecular weight is 290 g/mol. The Kier molecular flexibility index (Phi) is 3.19. The van der Waals surface area contributed by atoms with Crippen LogP contribution in [0, 0.1) is 0 Å². The van der Waals surface area contributed by atoms with Gasteiger partial charge in [-0.25, -0.2) is 9.97 Å². The number of ether oxygens (including phenoxy) is 2. The summed E-state index contributed by atoms with van der Waals surface area (Å²) >= 11 is 1.58. The van der Waals surface area contributed by atoms with E-state index < -0.39 is 0 Å². The molecule has 0 aliphatic rings. The third-order valence-corrected chi connectivity index (χ3v) is 3.82. The summed E-state index contributed by atoms with van der Waals surface area (Å²) in [6, 6.07) is 3.70. The number of imidazole rings is 1. The van der Waals surface area contributed by atoms with Crippen LogP contribution in [0.3, 0.4) is 0 Å². The summed E-state index contributed by atoms with van der Waals surface area (Å²) in [5, 5.41) is 2.92. The van der Waals surface area contributed by atoms with Crippen molar-refractivity contribution in [3.63, 3.8) is 0 Å². The number of hydrogen-bond donors (Lipinski definition) is 1. The van der Waals surface area contributed by atoms with Crippen molar-refractivity contribution in [1.29, 1.82) is 0 Å². The zero-order chi connectivity index (χ0) is 14.1. The second-order valence-corrected chi connectivity index (χ2v) is 5.16. The van der Waals surface area contributed by atoms with Gasteiger partial charge in [0, 0.05) is 23.7 Å². The van der Waals surface area contributed by atoms with Crippen molar-refractivity contribution < 1.29 is 9.47 Å². The van der Waals surface area contributed by atoms with Gasteiger partial charge in [-0.3, -0.25) is 0 Å². The molecule has 0 spiro atoms. The lowest BCUT2D eigenvalue weighted by Crippen LogP contribution is -2.04. The third-order valence-electron chi connectivity index (χ3n) is 3.06. The highest BCUT2D eigenvalue weighted by atomic mass is 32.1. The van der Waals surface area contributed by atoms with Crippen LogP contribution in [-0.2, 0) is 6.54 Å². The highest BCUT2D eigenvalue weighted by Crippen LogP contribution is 2.33. The Morgan fingerprint density at radius 3 is 2.65 bits per heavy atom. The first-order chi connectivity index (χ1) is 9.72. The Hall–Kier alpha value is -2.28. The number of hydrogen-bond acceptors (Lipinski definition) is 6. The Bertz CT molecular complexity index is 736. The number of nitrogens with two attached hydrogens (primary N) is 1. The van der Waals surface area contributed by atoms with E-state index >= 15 is 0 Å². The van der Waals surface area contributed by atoms with E-state index in [2.05, 4.69) is 9.97 Å². The maximum Gasteiger partial charge on any atom is 0.201 e. The van der Waals surface area contributed by atoms with E-state index in [1.165, 1.54) is 0 Å². The molecule has 0 unspecified atom stereocenters. The molecule has 2 N–H and O–H groups in total. The number of methoxy groups -OCH3 is 2. The Morgan fingerprint density at radius 1 is 1.25 bits per heavy atom. The number of thiazole rings is 1. The first-order valence-electron chi connectivity index (χ1n) is 5.99. The smallest absolute Gasteiger partial charge is 0.201 e. The fourth-order valence-electron chi connectivity index (χ4n) is 2.10. The van der Waals surface area contributed by atoms with Gasteiger partial charge in [0.05, 0.1) is 31.8 Å². The van der Waals surface area contributed by atoms with Gasteiger partial charge in [-0.05, 0) is 0 Å². The summed E-state index contributed by atoms with van der Waals surface area (Å²) in [6.07, 6.45) is 1.78. The van der Waals surface area contributed by atoms with E-state index in [4.69, 9.17) is 15.2 Å². The van der Waals surface area contributed by atoms with Crippen LogP contribution in [0.25, 0.3) is 11.0 Å². The molecule has 0 bridgehead atoms. The number of benzene rings is 1. The predicted molar refractivity (Wildman–Crippen MR) is 78.5 cm³/mol. The predicted octanol–water partition coefficient (Wildman–Crippen LogP) is 2.14. The molecule has 3 rings (SSSR count). The van der Waals surface area contributed by atoms with Crippen molar-refractivity contribution in [2.75, 3.05) is 20.0 Å². The molecule has 6 nitrogen and oxygen atoms in total. The van der Waals surface area contributed by atoms with Crippen molar-refractivity contribution >= 4 is 28.3 Å². The molecule has 0 amide bonds. The van der Waals surface area contributed by atoms with Gasteiger partial charge >= 0.3 is 0 Å². The van der Waals surface area contributed by atoms with Gasteiger partial charge in [-0.15, -0.1) is 11.3 Å². The fourth-order valence-corrected chi connectivity index (χ4v) is 2.71. The van der Waals surface area contributed by atoms with E-state index in [1.54, 1.807) is 31.8 Å². The summed E-state index contributed by atoms with van der Waals surface area (Å²) in [5.74, 6) is 1.74. The maximum atomic E-state index is 6.00. The molecule has 1 aromatic carbocycles. The van der Waals surface area contributed by atoms with Crippen LogP contribution < -0.4 is 15.2 Å². The van der Waals surface area contributed by atoms with Gasteiger partial charge in [0.25, 0.3) is 0 Å². The average Bonchev–Trinajstić information content (AvgIpc) is 3.06. The zero-order valence-corrected chi connectivity index (χ0v) is 12.0. The Balaban J connectivity index is 2.14. The molecule has 0 saturated heterocycles. The SMILES string of the molecule is COc1cc2nc(N)n(Cc3nccs3)c2cc1OC. The maximum absolute atomic E-state index is 6.00. The molecule has 0 atom stereocenters. The molecule has 0 aliphatic heterocycles. The normalized spacial score (nSPS) is 10.9. The van der Waals surface area contributed by atoms with Crippen molar-refractivity contribution in [3.8, 4) is 11.5 Å². The topological polar surface area (TPSA) is 75.2 Å². The van der Waals surface area contributed by atoms with Crippen molar-refractivity contribution in [2.24, 2.45) is 0 Å². The van der Waals surface area contributed by atoms with Crippen molar-refractivity contribution in [1.82, 2.24) is 14.5 Å².